The lowest BCUT2D eigenvalue weighted by molar-refractivity contribution is -0.114. The lowest BCUT2D eigenvalue weighted by Gasteiger charge is -2.44. The smallest absolute Gasteiger partial charge is 0.158 e. The first-order valence-corrected chi connectivity index (χ1v) is 16.3. The van der Waals surface area contributed by atoms with Gasteiger partial charge in [-0.15, -0.1) is 0 Å². The predicted molar refractivity (Wildman–Crippen MR) is 189 cm³/mol. The van der Waals surface area contributed by atoms with Crippen LogP contribution in [0.2, 0.25) is 0 Å². The van der Waals surface area contributed by atoms with Crippen LogP contribution in [0.15, 0.2) is 118 Å². The second kappa shape index (κ2) is 15.0. The number of hydrogen-bond acceptors (Lipinski definition) is 4. The fourth-order valence-corrected chi connectivity index (χ4v) is 6.99. The van der Waals surface area contributed by atoms with Gasteiger partial charge in [0.15, 0.2) is 5.78 Å². The zero-order valence-electron chi connectivity index (χ0n) is 29.5. The normalized spacial score (nSPS) is 29.6. The Morgan fingerprint density at radius 2 is 1.36 bits per heavy atom. The van der Waals surface area contributed by atoms with Crippen LogP contribution in [0.4, 0.5) is 0 Å². The monoisotopic (exact) mass is 612 g/mol. The summed E-state index contributed by atoms with van der Waals surface area (Å²) in [5, 5.41) is 10.4. The highest BCUT2D eigenvalue weighted by atomic mass is 16.5. The zero-order valence-corrected chi connectivity index (χ0v) is 29.5. The third-order valence-corrected chi connectivity index (χ3v) is 9.30. The Hall–Kier alpha value is -3.05. The van der Waals surface area contributed by atoms with Crippen LogP contribution in [-0.2, 0) is 14.3 Å². The molecule has 0 bridgehead atoms. The van der Waals surface area contributed by atoms with Crippen LogP contribution >= 0.6 is 0 Å². The second-order valence-corrected chi connectivity index (χ2v) is 14.6. The number of methoxy groups -OCH3 is 1. The molecule has 0 radical (unpaired) electrons. The lowest BCUT2D eigenvalue weighted by Crippen LogP contribution is -2.45. The first-order valence-electron chi connectivity index (χ1n) is 16.3. The molecule has 0 aromatic carbocycles. The summed E-state index contributed by atoms with van der Waals surface area (Å²) in [6.45, 7) is 20.8. The van der Waals surface area contributed by atoms with E-state index in [-0.39, 0.29) is 40.5 Å². The van der Waals surface area contributed by atoms with Crippen molar-refractivity contribution in [3.05, 3.63) is 118 Å². The number of Topliss-reactive ketones (excluding diaryl/α,β-unsaturated/α-hetero) is 1. The second-order valence-electron chi connectivity index (χ2n) is 14.6. The first kappa shape index (κ1) is 36.4. The van der Waals surface area contributed by atoms with Crippen LogP contribution in [0.5, 0.6) is 0 Å². The van der Waals surface area contributed by atoms with Crippen molar-refractivity contribution in [2.24, 2.45) is 10.8 Å². The van der Waals surface area contributed by atoms with Crippen molar-refractivity contribution in [2.75, 3.05) is 7.11 Å². The average Bonchev–Trinajstić information content (AvgIpc) is 3.42. The van der Waals surface area contributed by atoms with Crippen LogP contribution in [0.1, 0.15) is 88.5 Å². The van der Waals surface area contributed by atoms with E-state index < -0.39 is 0 Å². The quantitative estimate of drug-likeness (QED) is 0.186. The number of carbonyl (C=O) groups is 1. The fourth-order valence-electron chi connectivity index (χ4n) is 6.99. The van der Waals surface area contributed by atoms with E-state index in [4.69, 9.17) is 9.47 Å². The number of rotatable bonds is 11. The molecule has 1 saturated carbocycles. The van der Waals surface area contributed by atoms with Gasteiger partial charge >= 0.3 is 0 Å². The molecule has 4 atom stereocenters. The largest absolute Gasteiger partial charge is 0.393 e. The number of allylic oxidation sites excluding steroid dienone is 16. The highest BCUT2D eigenvalue weighted by molar-refractivity contribution is 5.96. The fraction of sp³-hybridized carbons (Fsp3) is 0.488. The minimum atomic E-state index is -0.390. The van der Waals surface area contributed by atoms with Crippen molar-refractivity contribution < 1.29 is 19.4 Å². The van der Waals surface area contributed by atoms with E-state index in [0.717, 1.165) is 46.3 Å². The standard InChI is InChI=1S/C41H56O4/c1-28(18-14-19-30(3)22-23-34-38(32(5)42)36(44-11)27-39(34,6)7)16-12-13-17-29(2)20-15-21-31(4)35-24-37-40(8,9)25-33(43)26-41(37,10)45-35/h12-24,33,35-36,43H,25-27H2,1-11H3/b13-12+,18-14+,20-15+,23-22+,28-16+,29-17+,30-19+,31-21+/t33-,35+,36-,41+/m0/s1. The van der Waals surface area contributed by atoms with Gasteiger partial charge in [-0.05, 0) is 88.0 Å². The maximum atomic E-state index is 12.3. The van der Waals surface area contributed by atoms with Gasteiger partial charge in [0.05, 0.1) is 23.9 Å². The third-order valence-electron chi connectivity index (χ3n) is 9.30. The molecule has 0 spiro atoms. The summed E-state index contributed by atoms with van der Waals surface area (Å²) in [6, 6.07) is 0. The molecule has 4 heteroatoms. The van der Waals surface area contributed by atoms with E-state index in [0.29, 0.717) is 6.42 Å². The van der Waals surface area contributed by atoms with Crippen LogP contribution in [-0.4, -0.2) is 41.9 Å². The molecule has 0 aromatic rings. The molecule has 0 amide bonds. The summed E-state index contributed by atoms with van der Waals surface area (Å²) in [5.74, 6) is 0.0847. The Balaban J connectivity index is 1.55. The van der Waals surface area contributed by atoms with Crippen molar-refractivity contribution in [3.8, 4) is 0 Å². The molecule has 3 aliphatic rings. The molecule has 0 saturated heterocycles. The maximum Gasteiger partial charge on any atom is 0.158 e. The van der Waals surface area contributed by atoms with Crippen LogP contribution in [0.25, 0.3) is 0 Å². The Kier molecular flexibility index (Phi) is 12.2. The number of aliphatic hydroxyl groups is 1. The number of fused-ring (bicyclic) bond motifs is 1. The molecule has 1 heterocycles. The van der Waals surface area contributed by atoms with Gasteiger partial charge in [0.2, 0.25) is 0 Å². The minimum absolute atomic E-state index is 0.0549. The van der Waals surface area contributed by atoms with Gasteiger partial charge in [0.25, 0.3) is 0 Å². The van der Waals surface area contributed by atoms with E-state index in [1.807, 2.05) is 0 Å². The molecule has 45 heavy (non-hydrogen) atoms. The summed E-state index contributed by atoms with van der Waals surface area (Å²) in [7, 11) is 1.68. The van der Waals surface area contributed by atoms with Gasteiger partial charge in [-0.1, -0.05) is 117 Å². The number of aliphatic hydroxyl groups excluding tert-OH is 1. The highest BCUT2D eigenvalue weighted by Crippen LogP contribution is 2.52. The Labute approximate surface area is 273 Å². The number of hydrogen-bond donors (Lipinski definition) is 1. The van der Waals surface area contributed by atoms with Crippen LogP contribution in [0.3, 0.4) is 0 Å². The molecule has 0 unspecified atom stereocenters. The number of ketones is 1. The molecule has 1 N–H and O–H groups in total. The Bertz CT molecular complexity index is 1430. The van der Waals surface area contributed by atoms with Gasteiger partial charge in [-0.3, -0.25) is 4.79 Å². The summed E-state index contributed by atoms with van der Waals surface area (Å²) in [5.41, 5.74) is 7.23. The molecular formula is C41H56O4. The molecule has 2 aliphatic carbocycles. The molecule has 1 fully saturated rings. The van der Waals surface area contributed by atoms with Crippen molar-refractivity contribution in [1.29, 1.82) is 0 Å². The van der Waals surface area contributed by atoms with E-state index in [1.165, 1.54) is 5.57 Å². The zero-order chi connectivity index (χ0) is 33.6. The molecule has 3 rings (SSSR count). The number of ether oxygens (including phenoxy) is 2. The molecule has 4 nitrogen and oxygen atoms in total. The maximum absolute atomic E-state index is 12.3. The highest BCUT2D eigenvalue weighted by Gasteiger charge is 2.50. The van der Waals surface area contributed by atoms with Crippen LogP contribution < -0.4 is 0 Å². The Morgan fingerprint density at radius 1 is 0.800 bits per heavy atom. The van der Waals surface area contributed by atoms with Gasteiger partial charge in [-0.25, -0.2) is 0 Å². The molecule has 1 aliphatic heterocycles. The van der Waals surface area contributed by atoms with Gasteiger partial charge < -0.3 is 14.6 Å². The van der Waals surface area contributed by atoms with E-state index >= 15 is 0 Å². The topological polar surface area (TPSA) is 55.8 Å². The predicted octanol–water partition coefficient (Wildman–Crippen LogP) is 9.59. The van der Waals surface area contributed by atoms with E-state index in [9.17, 15) is 9.90 Å². The molecule has 0 aromatic heterocycles. The number of carbonyl (C=O) groups excluding carboxylic acids is 1. The van der Waals surface area contributed by atoms with Crippen molar-refractivity contribution >= 4 is 5.78 Å². The lowest BCUT2D eigenvalue weighted by atomic mass is 9.65. The van der Waals surface area contributed by atoms with Gasteiger partial charge in [0, 0.05) is 19.1 Å². The van der Waals surface area contributed by atoms with E-state index in [2.05, 4.69) is 141 Å². The third kappa shape index (κ3) is 9.48. The Morgan fingerprint density at radius 3 is 1.93 bits per heavy atom. The molecular weight excluding hydrogens is 556 g/mol. The van der Waals surface area contributed by atoms with Gasteiger partial charge in [0.1, 0.15) is 0 Å². The van der Waals surface area contributed by atoms with Crippen LogP contribution in [0, 0.1) is 10.8 Å². The van der Waals surface area contributed by atoms with Gasteiger partial charge in [-0.2, -0.15) is 0 Å². The summed E-state index contributed by atoms with van der Waals surface area (Å²) in [6.07, 6.45) is 29.0. The minimum Gasteiger partial charge on any atom is -0.393 e. The van der Waals surface area contributed by atoms with Crippen molar-refractivity contribution in [2.45, 2.75) is 112 Å². The van der Waals surface area contributed by atoms with E-state index in [1.54, 1.807) is 14.0 Å². The average molecular weight is 613 g/mol. The van der Waals surface area contributed by atoms with Crippen molar-refractivity contribution in [3.63, 3.8) is 0 Å². The SMILES string of the molecule is CO[C@H]1CC(C)(C)C(/C=C/C(C)=C/C=C/C(C)=C/C=C/C=C(C)/C=C/C=C(\C)[C@H]2C=C3C(C)(C)C[C@H](O)C[C@@]3(C)O2)=C1C(C)=O. The first-order chi connectivity index (χ1) is 21.0. The molecule has 244 valence electrons. The van der Waals surface area contributed by atoms with Crippen molar-refractivity contribution in [1.82, 2.24) is 0 Å². The summed E-state index contributed by atoms with van der Waals surface area (Å²) < 4.78 is 12.1. The summed E-state index contributed by atoms with van der Waals surface area (Å²) >= 11 is 0. The summed E-state index contributed by atoms with van der Waals surface area (Å²) in [4.78, 5) is 12.3.